The van der Waals surface area contributed by atoms with Crippen LogP contribution in [0.15, 0.2) is 176 Å². The average molecular weight is 2090 g/mol. The van der Waals surface area contributed by atoms with E-state index in [0.717, 1.165) is 76.2 Å². The van der Waals surface area contributed by atoms with Crippen molar-refractivity contribution in [3.8, 4) is 41.8 Å². The van der Waals surface area contributed by atoms with Gasteiger partial charge in [-0.05, 0) is 154 Å². The van der Waals surface area contributed by atoms with Crippen molar-refractivity contribution >= 4 is 116 Å². The van der Waals surface area contributed by atoms with E-state index in [2.05, 4.69) is 89.4 Å². The Balaban J connectivity index is 0.000000135. The van der Waals surface area contributed by atoms with Crippen molar-refractivity contribution in [1.82, 2.24) is 80.3 Å². The van der Waals surface area contributed by atoms with Gasteiger partial charge in [-0.2, -0.15) is 15.1 Å². The van der Waals surface area contributed by atoms with Crippen LogP contribution in [-0.4, -0.2) is 240 Å². The fourth-order valence-electron chi connectivity index (χ4n) is 21.5. The Morgan fingerprint density at radius 2 is 0.784 bits per heavy atom. The zero-order valence-corrected chi connectivity index (χ0v) is 89.4. The highest BCUT2D eigenvalue weighted by Gasteiger charge is 2.55. The van der Waals surface area contributed by atoms with Gasteiger partial charge in [-0.3, -0.25) is 47.8 Å². The number of benzene rings is 4. The number of aliphatic hydroxyl groups is 4. The summed E-state index contributed by atoms with van der Waals surface area (Å²) >= 11 is 6.44. The van der Waals surface area contributed by atoms with Crippen molar-refractivity contribution in [2.75, 3.05) is 26.2 Å². The second-order valence-electron chi connectivity index (χ2n) is 42.1. The number of carbonyl (C=O) groups excluding carboxylic acids is 8. The van der Waals surface area contributed by atoms with Gasteiger partial charge in [0.25, 0.3) is 29.2 Å². The van der Waals surface area contributed by atoms with Crippen LogP contribution in [0.5, 0.6) is 0 Å². The van der Waals surface area contributed by atoms with Crippen LogP contribution in [0, 0.1) is 65.2 Å². The summed E-state index contributed by atoms with van der Waals surface area (Å²) in [5.74, 6) is -2.57. The van der Waals surface area contributed by atoms with E-state index >= 15 is 0 Å². The monoisotopic (exact) mass is 2080 g/mol. The summed E-state index contributed by atoms with van der Waals surface area (Å²) in [7, 11) is 1.77. The Kier molecular flexibility index (Phi) is 30.7. The van der Waals surface area contributed by atoms with Crippen molar-refractivity contribution in [2.24, 2.45) is 50.7 Å². The first-order chi connectivity index (χ1) is 70.3. The molecular weight excluding hydrogens is 1960 g/mol. The minimum atomic E-state index is -1.16. The molecule has 0 spiro atoms. The third kappa shape index (κ3) is 21.1. The molecule has 16 atom stereocenters. The maximum Gasteiger partial charge on any atom is 0.280 e. The molecule has 0 saturated carbocycles. The number of thiophene rings is 1. The van der Waals surface area contributed by atoms with Gasteiger partial charge in [0.2, 0.25) is 35.4 Å². The predicted molar refractivity (Wildman–Crippen MR) is 561 cm³/mol. The molecule has 8 aromatic heterocycles. The lowest BCUT2D eigenvalue weighted by molar-refractivity contribution is -0.135. The number of amidine groups is 1. The van der Waals surface area contributed by atoms with Crippen LogP contribution >= 0.6 is 45.3 Å². The molecule has 148 heavy (non-hydrogen) atoms. The highest BCUT2D eigenvalue weighted by Crippen LogP contribution is 2.47. The number of nitrogens with zero attached hydrogens (tertiary/aromatic N) is 18. The van der Waals surface area contributed by atoms with Crippen LogP contribution in [0.25, 0.3) is 41.8 Å². The van der Waals surface area contributed by atoms with Crippen molar-refractivity contribution in [1.29, 1.82) is 0 Å². The molecule has 36 nitrogen and oxygen atoms in total. The number of H-pyrrole nitrogens is 1. The molecule has 20 rings (SSSR count). The highest BCUT2D eigenvalue weighted by molar-refractivity contribution is 7.14. The number of nitrogens with one attached hydrogen (secondary N) is 2. The lowest BCUT2D eigenvalue weighted by Crippen LogP contribution is -2.48. The normalized spacial score (nSPS) is 24.6. The van der Waals surface area contributed by atoms with Crippen LogP contribution < -0.4 is 10.9 Å². The number of hydrogen-bond acceptors (Lipinski definition) is 30. The Morgan fingerprint density at radius 1 is 0.439 bits per heavy atom. The largest absolute Gasteiger partial charge is 0.391 e. The number of aryl methyl sites for hydroxylation is 7. The number of rotatable bonds is 24. The van der Waals surface area contributed by atoms with E-state index in [0.29, 0.717) is 78.8 Å². The maximum atomic E-state index is 13.8. The Bertz CT molecular complexity index is 6690. The molecule has 4 saturated heterocycles. The van der Waals surface area contributed by atoms with Crippen LogP contribution in [0.3, 0.4) is 0 Å². The number of carbonyl (C=O) groups is 8. The number of aliphatic hydroxyl groups excluding tert-OH is 4. The summed E-state index contributed by atoms with van der Waals surface area (Å²) in [6.07, 6.45) is 1.40. The van der Waals surface area contributed by atoms with Gasteiger partial charge < -0.3 is 58.9 Å². The van der Waals surface area contributed by atoms with Gasteiger partial charge in [-0.1, -0.05) is 168 Å². The predicted octanol–water partition coefficient (Wildman–Crippen LogP) is 14.1. The number of likely N-dealkylation sites (tertiary alicyclic amines) is 4. The molecule has 4 unspecified atom stereocenters. The zero-order valence-electron chi connectivity index (χ0n) is 86.2. The second-order valence-corrected chi connectivity index (χ2v) is 45.6. The minimum Gasteiger partial charge on any atom is -0.391 e. The van der Waals surface area contributed by atoms with Gasteiger partial charge >= 0.3 is 0 Å². The van der Waals surface area contributed by atoms with Crippen LogP contribution in [0.2, 0.25) is 0 Å². The fraction of sp³-hybridized carbons (Fsp3) is 0.463. The number of thiazole rings is 3. The van der Waals surface area contributed by atoms with Gasteiger partial charge in [0, 0.05) is 112 Å². The van der Waals surface area contributed by atoms with Gasteiger partial charge in [-0.25, -0.2) is 34.9 Å². The summed E-state index contributed by atoms with van der Waals surface area (Å²) in [4.78, 5) is 170. The number of aliphatic imine (C=N–C) groups is 4. The molecule has 16 heterocycles. The van der Waals surface area contributed by atoms with Crippen LogP contribution in [-0.2, 0) is 67.2 Å². The Hall–Kier alpha value is -13.2. The standard InChI is InChI=1S/C27H32N6O3S.2C27H31N5O4S.C27H30N4O5S/c1-15(2)23(21-13-32(5)31-30-21)25(35)33-12-19(34)10-22(33)20-11-27(4,26(36)29-20)18-8-6-17(7-9-18)24-16(3)28-14-37-24;2*1-14(2)22(24-29-16(4)31-36-24)25(34)32-12-19(33)10-21(32)20-11-27(5,26(35)30-20)18-8-6-17(7-9-18)23-15(3)28-13-37-23;1-14(2)22(20-12-21(33)30-36-20)25(34)31-13-18(32)11-19(31)24-28-26(35)27(4,29-24)17-7-5-16(6-8-17)23-15(3)9-10-37-23/h6-9,13-15,19,22-23,34H,10-12H2,1-5H3;2*6-9,13-14,19,21-22,33H,10-12H2,1-5H3;5-10,12,14,18-19,22,32H,11,13H2,1-4H3,(H,30,33)(H,28,29,35)/t;19-,21-,22+,27+;19-,21-,22-,27+;18-,19-,22+,27+/m.111/s1. The molecule has 776 valence electrons. The lowest BCUT2D eigenvalue weighted by atomic mass is 9.78. The van der Waals surface area contributed by atoms with E-state index < -0.39 is 99.6 Å². The smallest absolute Gasteiger partial charge is 0.280 e. The van der Waals surface area contributed by atoms with E-state index in [4.69, 9.17) is 18.6 Å². The highest BCUT2D eigenvalue weighted by atomic mass is 32.1. The first-order valence-corrected chi connectivity index (χ1v) is 53.4. The Morgan fingerprint density at radius 3 is 1.09 bits per heavy atom. The van der Waals surface area contributed by atoms with E-state index in [1.807, 2.05) is 211 Å². The van der Waals surface area contributed by atoms with Gasteiger partial charge in [-0.15, -0.1) is 50.4 Å². The van der Waals surface area contributed by atoms with Crippen LogP contribution in [0.4, 0.5) is 0 Å². The van der Waals surface area contributed by atoms with Crippen molar-refractivity contribution in [3.05, 3.63) is 227 Å². The van der Waals surface area contributed by atoms with E-state index in [9.17, 15) is 63.6 Å². The molecule has 6 N–H and O–H groups in total. The molecule has 0 aliphatic carbocycles. The third-order valence-electron chi connectivity index (χ3n) is 29.8. The van der Waals surface area contributed by atoms with Gasteiger partial charge in [0.05, 0.1) is 125 Å². The number of β-amino-alcohol motifs (C(OH)–C–C–N with tert-alkyl or cyclic N) is 4. The summed E-state index contributed by atoms with van der Waals surface area (Å²) in [5, 5.41) is 65.2. The number of aromatic amines is 1. The first kappa shape index (κ1) is 106. The van der Waals surface area contributed by atoms with E-state index in [-0.39, 0.29) is 121 Å². The number of aromatic nitrogens is 11. The average Bonchev–Trinajstić information content (AvgIpc) is 1.61. The molecule has 40 heteroatoms. The van der Waals surface area contributed by atoms with Crippen molar-refractivity contribution < 1.29 is 72.4 Å². The quantitative estimate of drug-likeness (QED) is 0.0327. The molecule has 0 radical (unpaired) electrons. The lowest BCUT2D eigenvalue weighted by Gasteiger charge is -2.30. The summed E-state index contributed by atoms with van der Waals surface area (Å²) in [6, 6.07) is 33.2. The van der Waals surface area contributed by atoms with Gasteiger partial charge in [0.15, 0.2) is 22.9 Å². The Labute approximate surface area is 872 Å². The molecule has 0 bridgehead atoms. The topological polar surface area (TPSA) is 485 Å². The maximum absolute atomic E-state index is 13.8. The van der Waals surface area contributed by atoms with Crippen molar-refractivity contribution in [3.63, 3.8) is 0 Å². The minimum absolute atomic E-state index is 0.0132. The molecule has 4 fully saturated rings. The molecule has 4 aromatic carbocycles. The molecule has 12 aromatic rings. The second kappa shape index (κ2) is 42.8. The molecular formula is C108H124N20O16S4. The summed E-state index contributed by atoms with van der Waals surface area (Å²) < 4.78 is 17.5. The molecule has 8 aliphatic heterocycles. The molecule has 8 amide bonds. The summed E-state index contributed by atoms with van der Waals surface area (Å²) in [5.41, 5.74) is 15.7. The van der Waals surface area contributed by atoms with Crippen molar-refractivity contribution in [2.45, 2.75) is 264 Å². The molecule has 8 aliphatic rings. The summed E-state index contributed by atoms with van der Waals surface area (Å²) in [6.45, 7) is 34.9. The first-order valence-electron chi connectivity index (χ1n) is 49.9. The number of amides is 8. The number of hydrogen-bond donors (Lipinski definition) is 6. The van der Waals surface area contributed by atoms with Gasteiger partial charge in [0.1, 0.15) is 23.6 Å². The third-order valence-corrected chi connectivity index (χ3v) is 33.8. The fourth-order valence-corrected chi connectivity index (χ4v) is 24.9. The SMILES string of the molecule is Cc1ccsc1-c1ccc([C@]2(C)N=C([C@H]3C[C@@H](O)CN3C(=O)[C@H](c3cc(=O)[nH]o3)C(C)C)NC2=O)cc1.Cc1ncsc1-c1ccc(C2(C)CC(C3CC(O)CN3C(=O)C(c3cn(C)nn3)C(C)C)=NC2=O)cc1.Cc1noc([C@@H](C(=O)N2C[C@H](O)C[C@@H]2C2=NC(=O)[C@](C)(c3ccc(-c4scnc4C)cc3)C2)C(C)C)n1.Cc1noc([C@H](C(=O)N2C[C@H](O)C[C@@H]2C2=NC(=O)[C@](C)(c3ccc(-c4scnc4C)cc3)C2)C(C)C)n1. The zero-order chi connectivity index (χ0) is 106. The van der Waals surface area contributed by atoms with E-state index in [1.165, 1.54) is 21.4 Å². The van der Waals surface area contributed by atoms with Crippen LogP contribution in [0.1, 0.15) is 231 Å². The van der Waals surface area contributed by atoms with E-state index in [1.54, 1.807) is 98.7 Å².